The van der Waals surface area contributed by atoms with Gasteiger partial charge in [-0.2, -0.15) is 0 Å². The topological polar surface area (TPSA) is 23.5 Å². The van der Waals surface area contributed by atoms with Crippen molar-refractivity contribution in [3.63, 3.8) is 0 Å². The molecule has 96 valence electrons. The van der Waals surface area contributed by atoms with Crippen molar-refractivity contribution in [1.29, 1.82) is 0 Å². The van der Waals surface area contributed by atoms with Crippen LogP contribution < -0.4 is 0 Å². The lowest BCUT2D eigenvalue weighted by molar-refractivity contribution is 0.156. The largest absolute Gasteiger partial charge is 0.508 e. The predicted octanol–water partition coefficient (Wildman–Crippen LogP) is 3.71. The molecule has 0 aliphatic heterocycles. The summed E-state index contributed by atoms with van der Waals surface area (Å²) in [4.78, 5) is 2.26. The zero-order chi connectivity index (χ0) is 13.0. The molecule has 1 N–H and O–H groups in total. The highest BCUT2D eigenvalue weighted by atomic mass is 19.1. The van der Waals surface area contributed by atoms with Crippen LogP contribution in [-0.4, -0.2) is 22.6 Å². The summed E-state index contributed by atoms with van der Waals surface area (Å²) in [5.74, 6) is -0.134. The quantitative estimate of drug-likeness (QED) is 0.846. The number of nitrogens with zero attached hydrogens (tertiary/aromatic N) is 1. The zero-order valence-electron chi connectivity index (χ0n) is 11.1. The first-order valence-corrected chi connectivity index (χ1v) is 6.25. The van der Waals surface area contributed by atoms with E-state index in [1.165, 1.54) is 18.2 Å². The van der Waals surface area contributed by atoms with Gasteiger partial charge in [0.15, 0.2) is 0 Å². The van der Waals surface area contributed by atoms with Crippen LogP contribution in [0.5, 0.6) is 5.75 Å². The van der Waals surface area contributed by atoms with Crippen molar-refractivity contribution in [3.05, 3.63) is 29.6 Å². The molecule has 2 nitrogen and oxygen atoms in total. The third kappa shape index (κ3) is 3.19. The Morgan fingerprint density at radius 3 is 2.47 bits per heavy atom. The maximum absolute atomic E-state index is 13.2. The second-order valence-electron chi connectivity index (χ2n) is 4.47. The average Bonchev–Trinajstić information content (AvgIpc) is 2.32. The molecule has 0 aromatic heterocycles. The number of hydrogen-bond acceptors (Lipinski definition) is 2. The molecule has 3 heteroatoms. The van der Waals surface area contributed by atoms with Crippen LogP contribution in [0.4, 0.5) is 4.39 Å². The van der Waals surface area contributed by atoms with E-state index >= 15 is 0 Å². The van der Waals surface area contributed by atoms with Crippen molar-refractivity contribution >= 4 is 0 Å². The highest BCUT2D eigenvalue weighted by molar-refractivity contribution is 5.35. The summed E-state index contributed by atoms with van der Waals surface area (Å²) in [6.07, 6.45) is 1.04. The molecular formula is C14H22FNO. The van der Waals surface area contributed by atoms with Gasteiger partial charge in [0, 0.05) is 17.6 Å². The van der Waals surface area contributed by atoms with Gasteiger partial charge in [0.25, 0.3) is 0 Å². The maximum Gasteiger partial charge on any atom is 0.123 e. The van der Waals surface area contributed by atoms with Gasteiger partial charge in [-0.25, -0.2) is 4.39 Å². The Balaban J connectivity index is 3.00. The summed E-state index contributed by atoms with van der Waals surface area (Å²) in [5, 5.41) is 9.81. The molecule has 0 amide bonds. The third-order valence-electron chi connectivity index (χ3n) is 3.46. The molecule has 2 unspecified atom stereocenters. The summed E-state index contributed by atoms with van der Waals surface area (Å²) in [6, 6.07) is 4.56. The Bertz CT molecular complexity index is 367. The number of benzene rings is 1. The van der Waals surface area contributed by atoms with Gasteiger partial charge < -0.3 is 5.11 Å². The smallest absolute Gasteiger partial charge is 0.123 e. The molecule has 0 spiro atoms. The van der Waals surface area contributed by atoms with E-state index in [1.807, 2.05) is 6.92 Å². The van der Waals surface area contributed by atoms with Crippen LogP contribution >= 0.6 is 0 Å². The molecule has 0 saturated carbocycles. The second kappa shape index (κ2) is 6.01. The zero-order valence-corrected chi connectivity index (χ0v) is 11.1. The SMILES string of the molecule is CCC(C)N(CC)C(C)c1cc(F)ccc1O. The molecule has 0 bridgehead atoms. The number of phenolic OH excluding ortho intramolecular Hbond substituents is 1. The van der Waals surface area contributed by atoms with Crippen molar-refractivity contribution in [1.82, 2.24) is 4.90 Å². The lowest BCUT2D eigenvalue weighted by atomic mass is 10.0. The number of hydrogen-bond donors (Lipinski definition) is 1. The molecular weight excluding hydrogens is 217 g/mol. The average molecular weight is 239 g/mol. The minimum absolute atomic E-state index is 0.0191. The Morgan fingerprint density at radius 2 is 1.94 bits per heavy atom. The fraction of sp³-hybridized carbons (Fsp3) is 0.571. The Kier molecular flexibility index (Phi) is 4.94. The minimum atomic E-state index is -0.301. The molecule has 0 saturated heterocycles. The van der Waals surface area contributed by atoms with E-state index in [2.05, 4.69) is 25.7 Å². The lowest BCUT2D eigenvalue weighted by Gasteiger charge is -2.33. The molecule has 17 heavy (non-hydrogen) atoms. The minimum Gasteiger partial charge on any atom is -0.508 e. The van der Waals surface area contributed by atoms with Gasteiger partial charge in [-0.1, -0.05) is 13.8 Å². The Hall–Kier alpha value is -1.09. The molecule has 0 aliphatic carbocycles. The molecule has 0 radical (unpaired) electrons. The molecule has 0 heterocycles. The van der Waals surface area contributed by atoms with Gasteiger partial charge in [0.2, 0.25) is 0 Å². The Labute approximate surface area is 103 Å². The van der Waals surface area contributed by atoms with Gasteiger partial charge in [-0.05, 0) is 45.0 Å². The van der Waals surface area contributed by atoms with E-state index < -0.39 is 0 Å². The van der Waals surface area contributed by atoms with E-state index in [4.69, 9.17) is 0 Å². The van der Waals surface area contributed by atoms with E-state index in [0.29, 0.717) is 11.6 Å². The first kappa shape index (κ1) is 14.0. The van der Waals surface area contributed by atoms with Crippen LogP contribution in [0.1, 0.15) is 45.7 Å². The highest BCUT2D eigenvalue weighted by Crippen LogP contribution is 2.30. The summed E-state index contributed by atoms with van der Waals surface area (Å²) < 4.78 is 13.2. The van der Waals surface area contributed by atoms with E-state index in [-0.39, 0.29) is 17.6 Å². The standard InChI is InChI=1S/C14H22FNO/c1-5-10(3)16(6-2)11(4)13-9-12(15)7-8-14(13)17/h7-11,17H,5-6H2,1-4H3. The monoisotopic (exact) mass is 239 g/mol. The van der Waals surface area contributed by atoms with Crippen LogP contribution in [0.15, 0.2) is 18.2 Å². The van der Waals surface area contributed by atoms with Crippen molar-refractivity contribution in [2.45, 2.75) is 46.2 Å². The Morgan fingerprint density at radius 1 is 1.29 bits per heavy atom. The number of rotatable bonds is 5. The van der Waals surface area contributed by atoms with Crippen LogP contribution in [0.25, 0.3) is 0 Å². The molecule has 2 atom stereocenters. The van der Waals surface area contributed by atoms with Gasteiger partial charge in [0.05, 0.1) is 0 Å². The molecule has 0 fully saturated rings. The maximum atomic E-state index is 13.2. The van der Waals surface area contributed by atoms with Crippen LogP contribution in [-0.2, 0) is 0 Å². The predicted molar refractivity (Wildman–Crippen MR) is 68.6 cm³/mol. The molecule has 1 aromatic carbocycles. The summed E-state index contributed by atoms with van der Waals surface area (Å²) in [6.45, 7) is 9.25. The van der Waals surface area contributed by atoms with Crippen molar-refractivity contribution in [2.24, 2.45) is 0 Å². The van der Waals surface area contributed by atoms with Gasteiger partial charge >= 0.3 is 0 Å². The lowest BCUT2D eigenvalue weighted by Crippen LogP contribution is -2.34. The molecule has 0 aliphatic rings. The fourth-order valence-corrected chi connectivity index (χ4v) is 2.24. The summed E-state index contributed by atoms with van der Waals surface area (Å²) in [7, 11) is 0. The van der Waals surface area contributed by atoms with E-state index in [1.54, 1.807) is 0 Å². The summed E-state index contributed by atoms with van der Waals surface area (Å²) >= 11 is 0. The molecule has 1 rings (SSSR count). The number of halogens is 1. The van der Waals surface area contributed by atoms with Crippen molar-refractivity contribution < 1.29 is 9.50 Å². The number of aromatic hydroxyl groups is 1. The van der Waals surface area contributed by atoms with E-state index in [0.717, 1.165) is 13.0 Å². The van der Waals surface area contributed by atoms with Crippen LogP contribution in [0, 0.1) is 5.82 Å². The van der Waals surface area contributed by atoms with Crippen molar-refractivity contribution in [2.75, 3.05) is 6.54 Å². The first-order valence-electron chi connectivity index (χ1n) is 6.25. The molecule has 1 aromatic rings. The highest BCUT2D eigenvalue weighted by Gasteiger charge is 2.21. The fourth-order valence-electron chi connectivity index (χ4n) is 2.24. The second-order valence-corrected chi connectivity index (χ2v) is 4.47. The summed E-state index contributed by atoms with van der Waals surface area (Å²) in [5.41, 5.74) is 0.659. The van der Waals surface area contributed by atoms with Gasteiger partial charge in [-0.15, -0.1) is 0 Å². The normalized spacial score (nSPS) is 14.9. The van der Waals surface area contributed by atoms with Crippen LogP contribution in [0.3, 0.4) is 0 Å². The van der Waals surface area contributed by atoms with Gasteiger partial charge in [-0.3, -0.25) is 4.90 Å². The van der Waals surface area contributed by atoms with Crippen molar-refractivity contribution in [3.8, 4) is 5.75 Å². The third-order valence-corrected chi connectivity index (χ3v) is 3.46. The van der Waals surface area contributed by atoms with E-state index in [9.17, 15) is 9.50 Å². The van der Waals surface area contributed by atoms with Gasteiger partial charge in [0.1, 0.15) is 11.6 Å². The van der Waals surface area contributed by atoms with Crippen LogP contribution in [0.2, 0.25) is 0 Å². The number of phenols is 1. The first-order chi connectivity index (χ1) is 8.01.